The second kappa shape index (κ2) is 5.65. The highest BCUT2D eigenvalue weighted by molar-refractivity contribution is 8.13. The summed E-state index contributed by atoms with van der Waals surface area (Å²) in [5.41, 5.74) is 0.414. The lowest BCUT2D eigenvalue weighted by atomic mass is 9.86. The highest BCUT2D eigenvalue weighted by Gasteiger charge is 2.22. The number of benzene rings is 1. The van der Waals surface area contributed by atoms with Gasteiger partial charge in [-0.15, -0.1) is 0 Å². The van der Waals surface area contributed by atoms with Crippen molar-refractivity contribution in [3.63, 3.8) is 0 Å². The van der Waals surface area contributed by atoms with Crippen molar-refractivity contribution in [1.29, 1.82) is 0 Å². The van der Waals surface area contributed by atoms with Crippen LogP contribution in [0.1, 0.15) is 32.2 Å². The van der Waals surface area contributed by atoms with E-state index in [4.69, 9.17) is 15.4 Å². The maximum Gasteiger partial charge on any atom is 0.261 e. The van der Waals surface area contributed by atoms with Gasteiger partial charge in [-0.3, -0.25) is 0 Å². The molecule has 0 aliphatic heterocycles. The number of halogens is 1. The van der Waals surface area contributed by atoms with Crippen molar-refractivity contribution >= 4 is 19.7 Å². The SMILES string of the molecule is CC(C)(C)c1cc(S(=O)(=O)Cl)ccc1OCc1ncon1. The van der Waals surface area contributed by atoms with E-state index in [0.717, 1.165) is 5.56 Å². The van der Waals surface area contributed by atoms with Gasteiger partial charge in [0.15, 0.2) is 6.61 Å². The summed E-state index contributed by atoms with van der Waals surface area (Å²) in [5, 5.41) is 3.65. The highest BCUT2D eigenvalue weighted by Crippen LogP contribution is 2.34. The van der Waals surface area contributed by atoms with E-state index in [1.54, 1.807) is 6.07 Å². The lowest BCUT2D eigenvalue weighted by Crippen LogP contribution is -2.14. The van der Waals surface area contributed by atoms with E-state index in [0.29, 0.717) is 11.6 Å². The summed E-state index contributed by atoms with van der Waals surface area (Å²) in [6.07, 6.45) is 1.21. The van der Waals surface area contributed by atoms with Crippen molar-refractivity contribution in [3.8, 4) is 5.75 Å². The number of nitrogens with zero attached hydrogens (tertiary/aromatic N) is 2. The molecule has 114 valence electrons. The minimum absolute atomic E-state index is 0.0426. The van der Waals surface area contributed by atoms with Crippen molar-refractivity contribution in [2.45, 2.75) is 37.7 Å². The van der Waals surface area contributed by atoms with Crippen molar-refractivity contribution in [1.82, 2.24) is 10.1 Å². The standard InChI is InChI=1S/C13H15ClN2O4S/c1-13(2,3)10-6-9(21(14,17)18)4-5-11(10)19-7-12-15-8-20-16-12/h4-6,8H,7H2,1-3H3. The van der Waals surface area contributed by atoms with Gasteiger partial charge in [0.25, 0.3) is 9.05 Å². The zero-order valence-corrected chi connectivity index (χ0v) is 13.4. The quantitative estimate of drug-likeness (QED) is 0.802. The van der Waals surface area contributed by atoms with Crippen LogP contribution in [0.25, 0.3) is 0 Å². The Hall–Kier alpha value is -1.60. The van der Waals surface area contributed by atoms with Gasteiger partial charge >= 0.3 is 0 Å². The molecule has 0 saturated heterocycles. The second-order valence-electron chi connectivity index (χ2n) is 5.48. The molecule has 1 heterocycles. The van der Waals surface area contributed by atoms with E-state index in [1.807, 2.05) is 20.8 Å². The van der Waals surface area contributed by atoms with Crippen LogP contribution in [-0.4, -0.2) is 18.6 Å². The fraction of sp³-hybridized carbons (Fsp3) is 0.385. The summed E-state index contributed by atoms with van der Waals surface area (Å²) in [7, 11) is 1.61. The smallest absolute Gasteiger partial charge is 0.261 e. The Kier molecular flexibility index (Phi) is 4.25. The first-order valence-corrected chi connectivity index (χ1v) is 8.46. The highest BCUT2D eigenvalue weighted by atomic mass is 35.7. The molecule has 0 fully saturated rings. The van der Waals surface area contributed by atoms with E-state index in [-0.39, 0.29) is 16.9 Å². The monoisotopic (exact) mass is 330 g/mol. The molecule has 2 rings (SSSR count). The number of hydrogen-bond acceptors (Lipinski definition) is 6. The third kappa shape index (κ3) is 3.95. The molecule has 0 spiro atoms. The number of aromatic nitrogens is 2. The Bertz CT molecular complexity index is 721. The Morgan fingerprint density at radius 1 is 1.33 bits per heavy atom. The molecule has 0 atom stereocenters. The average Bonchev–Trinajstić information content (AvgIpc) is 2.87. The van der Waals surface area contributed by atoms with Crippen LogP contribution in [-0.2, 0) is 21.1 Å². The molecule has 0 aliphatic rings. The molecule has 0 radical (unpaired) electrons. The normalized spacial score (nSPS) is 12.4. The van der Waals surface area contributed by atoms with Gasteiger partial charge in [-0.2, -0.15) is 4.98 Å². The van der Waals surface area contributed by atoms with E-state index in [9.17, 15) is 8.42 Å². The number of ether oxygens (including phenoxy) is 1. The summed E-state index contributed by atoms with van der Waals surface area (Å²) >= 11 is 0. The van der Waals surface area contributed by atoms with Gasteiger partial charge in [0.2, 0.25) is 12.2 Å². The molecule has 1 aromatic carbocycles. The minimum atomic E-state index is -3.78. The molecule has 1 aromatic heterocycles. The van der Waals surface area contributed by atoms with Gasteiger partial charge in [0.05, 0.1) is 4.90 Å². The van der Waals surface area contributed by atoms with Crippen LogP contribution in [0.5, 0.6) is 5.75 Å². The molecule has 0 N–H and O–H groups in total. The first-order valence-electron chi connectivity index (χ1n) is 6.15. The Labute approximate surface area is 127 Å². The summed E-state index contributed by atoms with van der Waals surface area (Å²) in [5.74, 6) is 0.959. The zero-order valence-electron chi connectivity index (χ0n) is 11.8. The molecule has 21 heavy (non-hydrogen) atoms. The largest absolute Gasteiger partial charge is 0.485 e. The van der Waals surface area contributed by atoms with Gasteiger partial charge in [0, 0.05) is 16.2 Å². The predicted molar refractivity (Wildman–Crippen MR) is 76.8 cm³/mol. The molecular formula is C13H15ClN2O4S. The Morgan fingerprint density at radius 2 is 2.05 bits per heavy atom. The van der Waals surface area contributed by atoms with Crippen LogP contribution in [0, 0.1) is 0 Å². The van der Waals surface area contributed by atoms with Gasteiger partial charge in [0.1, 0.15) is 5.75 Å². The molecule has 8 heteroatoms. The van der Waals surface area contributed by atoms with Crippen LogP contribution >= 0.6 is 10.7 Å². The topological polar surface area (TPSA) is 82.3 Å². The number of rotatable bonds is 4. The van der Waals surface area contributed by atoms with Crippen LogP contribution in [0.4, 0.5) is 0 Å². The van der Waals surface area contributed by atoms with Crippen LogP contribution < -0.4 is 4.74 Å². The van der Waals surface area contributed by atoms with Crippen LogP contribution in [0.2, 0.25) is 0 Å². The zero-order chi connectivity index (χ0) is 15.7. The molecule has 0 bridgehead atoms. The third-order valence-electron chi connectivity index (χ3n) is 2.80. The maximum absolute atomic E-state index is 11.5. The molecule has 0 amide bonds. The lowest BCUT2D eigenvalue weighted by molar-refractivity contribution is 0.279. The molecular weight excluding hydrogens is 316 g/mol. The summed E-state index contributed by atoms with van der Waals surface area (Å²) in [4.78, 5) is 3.90. The van der Waals surface area contributed by atoms with Gasteiger partial charge in [-0.25, -0.2) is 8.42 Å². The van der Waals surface area contributed by atoms with Gasteiger partial charge in [-0.05, 0) is 23.6 Å². The van der Waals surface area contributed by atoms with Crippen molar-refractivity contribution in [2.75, 3.05) is 0 Å². The van der Waals surface area contributed by atoms with Crippen molar-refractivity contribution in [3.05, 3.63) is 36.0 Å². The fourth-order valence-electron chi connectivity index (χ4n) is 1.77. The van der Waals surface area contributed by atoms with Crippen molar-refractivity contribution < 1.29 is 17.7 Å². The third-order valence-corrected chi connectivity index (χ3v) is 4.16. The minimum Gasteiger partial charge on any atom is -0.485 e. The summed E-state index contributed by atoms with van der Waals surface area (Å²) < 4.78 is 33.2. The number of hydrogen-bond donors (Lipinski definition) is 0. The lowest BCUT2D eigenvalue weighted by Gasteiger charge is -2.23. The first-order chi connectivity index (χ1) is 9.68. The van der Waals surface area contributed by atoms with Gasteiger partial charge in [-0.1, -0.05) is 25.9 Å². The van der Waals surface area contributed by atoms with Crippen molar-refractivity contribution in [2.24, 2.45) is 0 Å². The molecule has 0 unspecified atom stereocenters. The van der Waals surface area contributed by atoms with Crippen LogP contribution in [0.3, 0.4) is 0 Å². The van der Waals surface area contributed by atoms with Crippen LogP contribution in [0.15, 0.2) is 34.0 Å². The summed E-state index contributed by atoms with van der Waals surface area (Å²) in [6, 6.07) is 4.51. The van der Waals surface area contributed by atoms with E-state index in [1.165, 1.54) is 18.5 Å². The Balaban J connectivity index is 2.36. The molecule has 0 saturated carbocycles. The summed E-state index contributed by atoms with van der Waals surface area (Å²) in [6.45, 7) is 5.99. The molecule has 0 aliphatic carbocycles. The molecule has 2 aromatic rings. The van der Waals surface area contributed by atoms with E-state index in [2.05, 4.69) is 14.7 Å². The fourth-order valence-corrected chi connectivity index (χ4v) is 2.55. The van der Waals surface area contributed by atoms with E-state index < -0.39 is 9.05 Å². The maximum atomic E-state index is 11.5. The predicted octanol–water partition coefficient (Wildman–Crippen LogP) is 2.87. The first kappa shape index (κ1) is 15.8. The average molecular weight is 331 g/mol. The second-order valence-corrected chi connectivity index (χ2v) is 8.05. The van der Waals surface area contributed by atoms with E-state index >= 15 is 0 Å². The Morgan fingerprint density at radius 3 is 2.57 bits per heavy atom. The van der Waals surface area contributed by atoms with Gasteiger partial charge < -0.3 is 9.26 Å². The molecule has 6 nitrogen and oxygen atoms in total.